The molecular weight excluding hydrogens is 204 g/mol. The van der Waals surface area contributed by atoms with Gasteiger partial charge in [0.1, 0.15) is 0 Å². The largest absolute Gasteiger partial charge is 0.339 e. The molecule has 2 heterocycles. The summed E-state index contributed by atoms with van der Waals surface area (Å²) >= 11 is 0. The third-order valence-electron chi connectivity index (χ3n) is 2.82. The topological polar surface area (TPSA) is 71.2 Å². The molecule has 1 saturated heterocycles. The van der Waals surface area contributed by atoms with Crippen LogP contribution in [0.25, 0.3) is 0 Å². The van der Waals surface area contributed by atoms with Crippen molar-refractivity contribution >= 4 is 11.6 Å². The molecule has 1 aromatic rings. The van der Waals surface area contributed by atoms with E-state index in [0.29, 0.717) is 11.3 Å². The molecule has 0 radical (unpaired) electrons. The number of rotatable bonds is 2. The van der Waals surface area contributed by atoms with Gasteiger partial charge in [0.2, 0.25) is 0 Å². The van der Waals surface area contributed by atoms with Crippen molar-refractivity contribution in [3.63, 3.8) is 0 Å². The van der Waals surface area contributed by atoms with Gasteiger partial charge in [0.05, 0.1) is 11.3 Å². The van der Waals surface area contributed by atoms with E-state index in [1.807, 2.05) is 11.8 Å². The molecule has 0 spiro atoms. The SMILES string of the molecule is Cc1cc(NN)c(C(=O)N2CCCC2)cn1. The molecule has 5 heteroatoms. The Bertz CT molecular complexity index is 399. The number of nitrogens with zero attached hydrogens (tertiary/aromatic N) is 2. The van der Waals surface area contributed by atoms with Gasteiger partial charge in [-0.15, -0.1) is 0 Å². The molecule has 1 fully saturated rings. The molecule has 86 valence electrons. The molecule has 16 heavy (non-hydrogen) atoms. The second-order valence-corrected chi connectivity index (χ2v) is 4.01. The second kappa shape index (κ2) is 4.49. The van der Waals surface area contributed by atoms with E-state index in [2.05, 4.69) is 10.4 Å². The number of amides is 1. The van der Waals surface area contributed by atoms with E-state index in [1.54, 1.807) is 12.3 Å². The van der Waals surface area contributed by atoms with Crippen molar-refractivity contribution in [3.8, 4) is 0 Å². The number of hydrazine groups is 1. The Morgan fingerprint density at radius 3 is 2.81 bits per heavy atom. The Labute approximate surface area is 94.6 Å². The fraction of sp³-hybridized carbons (Fsp3) is 0.455. The smallest absolute Gasteiger partial charge is 0.257 e. The van der Waals surface area contributed by atoms with Gasteiger partial charge in [-0.3, -0.25) is 15.6 Å². The number of hydrogen-bond acceptors (Lipinski definition) is 4. The number of likely N-dealkylation sites (tertiary alicyclic amines) is 1. The summed E-state index contributed by atoms with van der Waals surface area (Å²) in [5, 5.41) is 0. The van der Waals surface area contributed by atoms with Crippen molar-refractivity contribution in [1.82, 2.24) is 9.88 Å². The minimum atomic E-state index is 0.0120. The van der Waals surface area contributed by atoms with E-state index >= 15 is 0 Å². The first kappa shape index (κ1) is 10.9. The fourth-order valence-electron chi connectivity index (χ4n) is 1.94. The van der Waals surface area contributed by atoms with Crippen LogP contribution in [-0.2, 0) is 0 Å². The zero-order chi connectivity index (χ0) is 11.5. The van der Waals surface area contributed by atoms with Gasteiger partial charge in [-0.05, 0) is 25.8 Å². The molecule has 1 aromatic heterocycles. The monoisotopic (exact) mass is 220 g/mol. The molecule has 0 saturated carbocycles. The van der Waals surface area contributed by atoms with Crippen molar-refractivity contribution in [3.05, 3.63) is 23.5 Å². The van der Waals surface area contributed by atoms with Gasteiger partial charge in [0.25, 0.3) is 5.91 Å². The van der Waals surface area contributed by atoms with Gasteiger partial charge < -0.3 is 10.3 Å². The molecule has 1 aliphatic heterocycles. The second-order valence-electron chi connectivity index (χ2n) is 4.01. The van der Waals surface area contributed by atoms with E-state index in [9.17, 15) is 4.79 Å². The number of nitrogens with one attached hydrogen (secondary N) is 1. The molecule has 0 unspecified atom stereocenters. The zero-order valence-electron chi connectivity index (χ0n) is 9.36. The highest BCUT2D eigenvalue weighted by atomic mass is 16.2. The summed E-state index contributed by atoms with van der Waals surface area (Å²) in [6.07, 6.45) is 3.75. The van der Waals surface area contributed by atoms with Crippen LogP contribution in [0.3, 0.4) is 0 Å². The molecule has 5 nitrogen and oxygen atoms in total. The first-order chi connectivity index (χ1) is 7.72. The van der Waals surface area contributed by atoms with Crippen molar-refractivity contribution < 1.29 is 4.79 Å². The van der Waals surface area contributed by atoms with E-state index < -0.39 is 0 Å². The minimum Gasteiger partial charge on any atom is -0.339 e. The van der Waals surface area contributed by atoms with E-state index in [4.69, 9.17) is 5.84 Å². The predicted molar refractivity (Wildman–Crippen MR) is 61.9 cm³/mol. The molecule has 1 aliphatic rings. The van der Waals surface area contributed by atoms with Crippen LogP contribution in [0.2, 0.25) is 0 Å². The molecule has 0 atom stereocenters. The number of carbonyl (C=O) groups excluding carboxylic acids is 1. The lowest BCUT2D eigenvalue weighted by molar-refractivity contribution is 0.0793. The van der Waals surface area contributed by atoms with Crippen LogP contribution in [-0.4, -0.2) is 28.9 Å². The molecule has 0 bridgehead atoms. The Morgan fingerprint density at radius 2 is 2.19 bits per heavy atom. The van der Waals surface area contributed by atoms with Crippen molar-refractivity contribution in [2.45, 2.75) is 19.8 Å². The van der Waals surface area contributed by atoms with Gasteiger partial charge >= 0.3 is 0 Å². The van der Waals surface area contributed by atoms with Gasteiger partial charge in [0.15, 0.2) is 0 Å². The van der Waals surface area contributed by atoms with Crippen LogP contribution in [0.4, 0.5) is 5.69 Å². The summed E-state index contributed by atoms with van der Waals surface area (Å²) in [5.74, 6) is 5.42. The Hall–Kier alpha value is -1.62. The summed E-state index contributed by atoms with van der Waals surface area (Å²) in [6, 6.07) is 1.78. The first-order valence-electron chi connectivity index (χ1n) is 5.45. The fourth-order valence-corrected chi connectivity index (χ4v) is 1.94. The number of carbonyl (C=O) groups is 1. The maximum absolute atomic E-state index is 12.1. The van der Waals surface area contributed by atoms with Crippen LogP contribution in [0, 0.1) is 6.92 Å². The quantitative estimate of drug-likeness (QED) is 0.574. The van der Waals surface area contributed by atoms with Crippen LogP contribution in [0.5, 0.6) is 0 Å². The molecule has 2 rings (SSSR count). The summed E-state index contributed by atoms with van der Waals surface area (Å²) in [4.78, 5) is 18.1. The van der Waals surface area contributed by atoms with Crippen LogP contribution < -0.4 is 11.3 Å². The number of hydrogen-bond donors (Lipinski definition) is 2. The Kier molecular flexibility index (Phi) is 3.05. The number of nitrogen functional groups attached to an aromatic ring is 1. The maximum Gasteiger partial charge on any atom is 0.257 e. The highest BCUT2D eigenvalue weighted by molar-refractivity contribution is 5.99. The molecule has 0 aliphatic carbocycles. The first-order valence-corrected chi connectivity index (χ1v) is 5.45. The Balaban J connectivity index is 2.28. The molecule has 0 aromatic carbocycles. The minimum absolute atomic E-state index is 0.0120. The molecule has 1 amide bonds. The molecular formula is C11H16N4O. The number of aryl methyl sites for hydroxylation is 1. The van der Waals surface area contributed by atoms with E-state index in [0.717, 1.165) is 31.6 Å². The average molecular weight is 220 g/mol. The van der Waals surface area contributed by atoms with Gasteiger partial charge in [0, 0.05) is 25.0 Å². The lowest BCUT2D eigenvalue weighted by Gasteiger charge is -2.17. The highest BCUT2D eigenvalue weighted by Crippen LogP contribution is 2.19. The average Bonchev–Trinajstić information content (AvgIpc) is 2.81. The van der Waals surface area contributed by atoms with Gasteiger partial charge in [-0.25, -0.2) is 0 Å². The maximum atomic E-state index is 12.1. The standard InChI is InChI=1S/C11H16N4O/c1-8-6-10(14-12)9(7-13-8)11(16)15-4-2-3-5-15/h6-7H,2-5,12H2,1H3,(H,13,14). The van der Waals surface area contributed by atoms with Gasteiger partial charge in [-0.1, -0.05) is 0 Å². The zero-order valence-corrected chi connectivity index (χ0v) is 9.36. The normalized spacial score (nSPS) is 15.2. The highest BCUT2D eigenvalue weighted by Gasteiger charge is 2.21. The summed E-state index contributed by atoms with van der Waals surface area (Å²) in [5.41, 5.74) is 4.59. The van der Waals surface area contributed by atoms with E-state index in [1.165, 1.54) is 0 Å². The lowest BCUT2D eigenvalue weighted by Crippen LogP contribution is -2.29. The van der Waals surface area contributed by atoms with Crippen molar-refractivity contribution in [2.24, 2.45) is 5.84 Å². The van der Waals surface area contributed by atoms with E-state index in [-0.39, 0.29) is 5.91 Å². The molecule has 3 N–H and O–H groups in total. The third kappa shape index (κ3) is 1.99. The number of aromatic nitrogens is 1. The van der Waals surface area contributed by atoms with Crippen molar-refractivity contribution in [1.29, 1.82) is 0 Å². The van der Waals surface area contributed by atoms with Crippen LogP contribution in [0.15, 0.2) is 12.3 Å². The summed E-state index contributed by atoms with van der Waals surface area (Å²) in [6.45, 7) is 3.53. The van der Waals surface area contributed by atoms with Crippen LogP contribution >= 0.6 is 0 Å². The number of nitrogens with two attached hydrogens (primary N) is 1. The van der Waals surface area contributed by atoms with Gasteiger partial charge in [-0.2, -0.15) is 0 Å². The summed E-state index contributed by atoms with van der Waals surface area (Å²) < 4.78 is 0. The Morgan fingerprint density at radius 1 is 1.50 bits per heavy atom. The van der Waals surface area contributed by atoms with Crippen molar-refractivity contribution in [2.75, 3.05) is 18.5 Å². The number of anilines is 1. The lowest BCUT2D eigenvalue weighted by atomic mass is 10.2. The number of pyridine rings is 1. The summed E-state index contributed by atoms with van der Waals surface area (Å²) in [7, 11) is 0. The third-order valence-corrected chi connectivity index (χ3v) is 2.82. The van der Waals surface area contributed by atoms with Crippen LogP contribution in [0.1, 0.15) is 28.9 Å². The predicted octanol–water partition coefficient (Wildman–Crippen LogP) is 0.912.